The average molecular weight is 401 g/mol. The van der Waals surface area contributed by atoms with E-state index in [9.17, 15) is 9.59 Å². The van der Waals surface area contributed by atoms with Gasteiger partial charge in [-0.05, 0) is 36.4 Å². The highest BCUT2D eigenvalue weighted by Gasteiger charge is 2.25. The van der Waals surface area contributed by atoms with Gasteiger partial charge in [-0.2, -0.15) is 5.10 Å². The molecule has 150 valence electrons. The number of aromatic amines is 1. The van der Waals surface area contributed by atoms with Gasteiger partial charge in [-0.3, -0.25) is 4.79 Å². The van der Waals surface area contributed by atoms with Crippen molar-refractivity contribution >= 4 is 22.8 Å². The molecule has 1 amide bonds. The summed E-state index contributed by atoms with van der Waals surface area (Å²) in [4.78, 5) is 34.6. The van der Waals surface area contributed by atoms with Crippen molar-refractivity contribution in [3.05, 3.63) is 77.4 Å². The second kappa shape index (κ2) is 7.14. The number of nitrogens with zero attached hydrogens (tertiary/aromatic N) is 4. The number of amides is 1. The average Bonchev–Trinajstić information content (AvgIpc) is 3.45. The molecule has 1 aliphatic rings. The fourth-order valence-corrected chi connectivity index (χ4v) is 3.87. The standard InChI is InChI=1S/C22H19N5O3/c1-30-22(29)14-3-5-18-16(11-14)17-13-26(10-7-19(17)25-18)21(28)15-4-6-20(23-12-15)27-9-2-8-24-27/h2-6,8-9,11-12,25H,7,10,13H2,1H3. The largest absolute Gasteiger partial charge is 0.465 e. The summed E-state index contributed by atoms with van der Waals surface area (Å²) in [7, 11) is 1.37. The van der Waals surface area contributed by atoms with Gasteiger partial charge in [0, 0.05) is 60.3 Å². The van der Waals surface area contributed by atoms with Crippen LogP contribution in [0.4, 0.5) is 0 Å². The number of rotatable bonds is 3. The minimum absolute atomic E-state index is 0.0707. The van der Waals surface area contributed by atoms with Crippen LogP contribution in [0.3, 0.4) is 0 Å². The van der Waals surface area contributed by atoms with Crippen LogP contribution >= 0.6 is 0 Å². The lowest BCUT2D eigenvalue weighted by Gasteiger charge is -2.27. The number of ether oxygens (including phenoxy) is 1. The minimum atomic E-state index is -0.376. The number of esters is 1. The number of fused-ring (bicyclic) bond motifs is 3. The van der Waals surface area contributed by atoms with E-state index >= 15 is 0 Å². The van der Waals surface area contributed by atoms with Crippen molar-refractivity contribution in [2.75, 3.05) is 13.7 Å². The summed E-state index contributed by atoms with van der Waals surface area (Å²) >= 11 is 0. The molecule has 8 nitrogen and oxygen atoms in total. The van der Waals surface area contributed by atoms with Crippen LogP contribution in [0.1, 0.15) is 32.0 Å². The number of hydrogen-bond acceptors (Lipinski definition) is 5. The van der Waals surface area contributed by atoms with Crippen LogP contribution in [0.2, 0.25) is 0 Å². The van der Waals surface area contributed by atoms with E-state index in [4.69, 9.17) is 4.74 Å². The van der Waals surface area contributed by atoms with Crippen LogP contribution in [0.15, 0.2) is 55.0 Å². The molecule has 1 aromatic carbocycles. The second-order valence-electron chi connectivity index (χ2n) is 7.17. The van der Waals surface area contributed by atoms with Gasteiger partial charge in [0.15, 0.2) is 5.82 Å². The molecule has 1 aliphatic heterocycles. The third-order valence-electron chi connectivity index (χ3n) is 5.42. The van der Waals surface area contributed by atoms with E-state index < -0.39 is 0 Å². The van der Waals surface area contributed by atoms with Crippen LogP contribution in [-0.4, -0.2) is 50.2 Å². The summed E-state index contributed by atoms with van der Waals surface area (Å²) < 4.78 is 6.48. The van der Waals surface area contributed by atoms with E-state index in [0.717, 1.165) is 28.6 Å². The van der Waals surface area contributed by atoms with Gasteiger partial charge >= 0.3 is 5.97 Å². The van der Waals surface area contributed by atoms with Gasteiger partial charge in [0.05, 0.1) is 18.2 Å². The quantitative estimate of drug-likeness (QED) is 0.533. The van der Waals surface area contributed by atoms with Crippen LogP contribution in [0.25, 0.3) is 16.7 Å². The van der Waals surface area contributed by atoms with Crippen LogP contribution in [0.5, 0.6) is 0 Å². The van der Waals surface area contributed by atoms with Crippen molar-refractivity contribution in [1.29, 1.82) is 0 Å². The van der Waals surface area contributed by atoms with E-state index in [1.54, 1.807) is 41.5 Å². The molecule has 3 aromatic heterocycles. The maximum Gasteiger partial charge on any atom is 0.337 e. The highest BCUT2D eigenvalue weighted by Crippen LogP contribution is 2.29. The Kier molecular flexibility index (Phi) is 4.31. The number of aromatic nitrogens is 4. The molecule has 0 spiro atoms. The molecule has 0 fully saturated rings. The Morgan fingerprint density at radius 2 is 2.03 bits per heavy atom. The zero-order valence-corrected chi connectivity index (χ0v) is 16.3. The lowest BCUT2D eigenvalue weighted by atomic mass is 10.0. The molecule has 30 heavy (non-hydrogen) atoms. The lowest BCUT2D eigenvalue weighted by molar-refractivity contribution is 0.0600. The fraction of sp³-hybridized carbons (Fsp3) is 0.182. The van der Waals surface area contributed by atoms with E-state index in [0.29, 0.717) is 30.0 Å². The van der Waals surface area contributed by atoms with Gasteiger partial charge in [-0.15, -0.1) is 0 Å². The molecule has 5 rings (SSSR count). The molecular formula is C22H19N5O3. The Morgan fingerprint density at radius 3 is 2.77 bits per heavy atom. The Balaban J connectivity index is 1.42. The first-order valence-corrected chi connectivity index (χ1v) is 9.61. The number of pyridine rings is 1. The van der Waals surface area contributed by atoms with E-state index in [1.807, 2.05) is 23.1 Å². The maximum absolute atomic E-state index is 13.1. The van der Waals surface area contributed by atoms with Crippen molar-refractivity contribution in [1.82, 2.24) is 24.6 Å². The third kappa shape index (κ3) is 3.02. The molecule has 4 heterocycles. The third-order valence-corrected chi connectivity index (χ3v) is 5.42. The predicted molar refractivity (Wildman–Crippen MR) is 109 cm³/mol. The lowest BCUT2D eigenvalue weighted by Crippen LogP contribution is -2.35. The second-order valence-corrected chi connectivity index (χ2v) is 7.17. The van der Waals surface area contributed by atoms with Crippen molar-refractivity contribution in [3.63, 3.8) is 0 Å². The Morgan fingerprint density at radius 1 is 1.17 bits per heavy atom. The van der Waals surface area contributed by atoms with Crippen molar-refractivity contribution in [2.24, 2.45) is 0 Å². The molecule has 0 unspecified atom stereocenters. The zero-order valence-electron chi connectivity index (χ0n) is 16.3. The molecule has 0 atom stereocenters. The molecule has 0 radical (unpaired) electrons. The number of nitrogens with one attached hydrogen (secondary N) is 1. The van der Waals surface area contributed by atoms with Gasteiger partial charge in [0.2, 0.25) is 0 Å². The van der Waals surface area contributed by atoms with Crippen LogP contribution in [-0.2, 0) is 17.7 Å². The summed E-state index contributed by atoms with van der Waals surface area (Å²) in [5.74, 6) is 0.210. The van der Waals surface area contributed by atoms with Crippen molar-refractivity contribution in [2.45, 2.75) is 13.0 Å². The zero-order chi connectivity index (χ0) is 20.7. The number of methoxy groups -OCH3 is 1. The van der Waals surface area contributed by atoms with Crippen LogP contribution in [0, 0.1) is 0 Å². The van der Waals surface area contributed by atoms with Crippen LogP contribution < -0.4 is 0 Å². The highest BCUT2D eigenvalue weighted by atomic mass is 16.5. The first-order valence-electron chi connectivity index (χ1n) is 9.61. The minimum Gasteiger partial charge on any atom is -0.465 e. The maximum atomic E-state index is 13.1. The summed E-state index contributed by atoms with van der Waals surface area (Å²) in [6.07, 6.45) is 5.79. The van der Waals surface area contributed by atoms with Gasteiger partial charge in [-0.25, -0.2) is 14.5 Å². The number of carbonyl (C=O) groups excluding carboxylic acids is 2. The summed E-state index contributed by atoms with van der Waals surface area (Å²) in [6.45, 7) is 1.09. The van der Waals surface area contributed by atoms with E-state index in [1.165, 1.54) is 7.11 Å². The summed E-state index contributed by atoms with van der Waals surface area (Å²) in [6, 6.07) is 10.8. The molecule has 8 heteroatoms. The molecule has 0 aliphatic carbocycles. The normalized spacial score (nSPS) is 13.3. The summed E-state index contributed by atoms with van der Waals surface area (Å²) in [5.41, 5.74) is 4.12. The van der Waals surface area contributed by atoms with Gasteiger partial charge in [0.25, 0.3) is 5.91 Å². The first kappa shape index (κ1) is 18.1. The monoisotopic (exact) mass is 401 g/mol. The Labute approximate surface area is 172 Å². The molecule has 0 bridgehead atoms. The van der Waals surface area contributed by atoms with Crippen molar-refractivity contribution < 1.29 is 14.3 Å². The fourth-order valence-electron chi connectivity index (χ4n) is 3.87. The smallest absolute Gasteiger partial charge is 0.337 e. The first-order chi connectivity index (χ1) is 14.6. The van der Waals surface area contributed by atoms with Gasteiger partial charge in [0.1, 0.15) is 0 Å². The molecule has 0 saturated carbocycles. The highest BCUT2D eigenvalue weighted by molar-refractivity contribution is 5.97. The number of hydrogen-bond donors (Lipinski definition) is 1. The number of carbonyl (C=O) groups is 2. The Hall–Kier alpha value is -3.94. The Bertz CT molecular complexity index is 1240. The van der Waals surface area contributed by atoms with Gasteiger partial charge in [-0.1, -0.05) is 0 Å². The predicted octanol–water partition coefficient (Wildman–Crippen LogP) is 2.73. The van der Waals surface area contributed by atoms with Crippen molar-refractivity contribution in [3.8, 4) is 5.82 Å². The van der Waals surface area contributed by atoms with Gasteiger partial charge < -0.3 is 14.6 Å². The molecule has 1 N–H and O–H groups in total. The van der Waals surface area contributed by atoms with E-state index in [-0.39, 0.29) is 11.9 Å². The molecule has 0 saturated heterocycles. The number of H-pyrrole nitrogens is 1. The molecule has 4 aromatic rings. The number of benzene rings is 1. The summed E-state index contributed by atoms with van der Waals surface area (Å²) in [5, 5.41) is 5.09. The SMILES string of the molecule is COC(=O)c1ccc2[nH]c3c(c2c1)CN(C(=O)c1ccc(-n2cccn2)nc1)CC3. The van der Waals surface area contributed by atoms with E-state index in [2.05, 4.69) is 15.1 Å². The molecular weight excluding hydrogens is 382 g/mol. The topological polar surface area (TPSA) is 93.1 Å².